The van der Waals surface area contributed by atoms with Crippen molar-refractivity contribution in [2.75, 3.05) is 102 Å². The number of nitrogens with two attached hydrogens (primary N) is 1. The number of ether oxygens (including phenoxy) is 4. The SMILES string of the molecule is CC(C)(C)OC(=O)N1CCCC12CCN(c1ccc(N)nc1)C2=O.CN(C)C(=O)c1cc2cnc(Cl)nc2n1C1CCCOC1.CN(C)C(=O)c1cc2cnc(Nc3ccc(N4CCC5(CCCN5C(=O)OC(C)(C)C)C4=O)cn3)nc2n1C1CCCOC1. The Hall–Kier alpha value is -8.23. The van der Waals surface area contributed by atoms with E-state index in [0.29, 0.717) is 123 Å². The fourth-order valence-corrected chi connectivity index (χ4v) is 12.8. The van der Waals surface area contributed by atoms with Gasteiger partial charge in [-0.1, -0.05) is 0 Å². The topological polar surface area (TPSA) is 284 Å². The summed E-state index contributed by atoms with van der Waals surface area (Å²) >= 11 is 5.92. The Labute approximate surface area is 522 Å². The number of carbonyl (C=O) groups is 6. The maximum absolute atomic E-state index is 13.7. The van der Waals surface area contributed by atoms with Crippen molar-refractivity contribution in [1.82, 2.24) is 58.6 Å². The summed E-state index contributed by atoms with van der Waals surface area (Å²) in [4.78, 5) is 114. The summed E-state index contributed by atoms with van der Waals surface area (Å²) in [5, 5.41) is 4.93. The molecule has 476 valence electrons. The largest absolute Gasteiger partial charge is 0.444 e. The normalized spacial score (nSPS) is 21.9. The van der Waals surface area contributed by atoms with E-state index in [2.05, 4.69) is 30.2 Å². The number of amides is 6. The standard InChI is InChI=1S/C31H40N8O5.C17H24N4O3.C14H17ClN4O2/c1-30(2,3)44-29(42)38-13-7-11-31(38)12-14-37(27(31)41)21-9-10-24(32-18-21)34-28-33-17-20-16-23(26(40)36(4)5)39(25(20)35-28)22-8-6-15-43-19-22;1-16(2,3)24-15(23)21-9-4-7-17(21)8-10-20(14(17)22)12-5-6-13(18)19-11-12;1-18(2)13(20)11-6-9-7-16-14(15)17-12(9)19(11)10-4-3-5-21-8-10/h9-10,16-18,22H,6-8,11-15,19H2,1-5H3,(H,32,33,34,35);5-6,11H,4,7-10H2,1-3H3,(H2,18,19);6-7,10H,3-5,8H2,1-2H3. The molecule has 6 aliphatic rings. The molecule has 6 fully saturated rings. The van der Waals surface area contributed by atoms with Crippen molar-refractivity contribution in [3.05, 3.63) is 77.9 Å². The summed E-state index contributed by atoms with van der Waals surface area (Å²) in [6, 6.07) is 10.8. The van der Waals surface area contributed by atoms with E-state index >= 15 is 0 Å². The van der Waals surface area contributed by atoms with Crippen molar-refractivity contribution in [2.45, 2.75) is 140 Å². The molecule has 26 nitrogen and oxygen atoms in total. The molecule has 0 aromatic carbocycles. The molecule has 4 unspecified atom stereocenters. The Morgan fingerprint density at radius 1 is 0.618 bits per heavy atom. The Balaban J connectivity index is 0.000000163. The van der Waals surface area contributed by atoms with Crippen LogP contribution in [0.3, 0.4) is 0 Å². The molecule has 6 aliphatic heterocycles. The lowest BCUT2D eigenvalue weighted by molar-refractivity contribution is -0.126. The first kappa shape index (κ1) is 63.8. The summed E-state index contributed by atoms with van der Waals surface area (Å²) in [5.74, 6) is 0.934. The molecular formula is C62H81ClN16O10. The minimum atomic E-state index is -0.881. The quantitative estimate of drug-likeness (QED) is 0.135. The zero-order valence-corrected chi connectivity index (χ0v) is 53.2. The molecule has 89 heavy (non-hydrogen) atoms. The van der Waals surface area contributed by atoms with Crippen molar-refractivity contribution >= 4 is 98.4 Å². The Bertz CT molecular complexity index is 3610. The lowest BCUT2D eigenvalue weighted by Gasteiger charge is -2.34. The van der Waals surface area contributed by atoms with E-state index in [-0.39, 0.29) is 41.0 Å². The Kier molecular flexibility index (Phi) is 18.4. The first-order valence-corrected chi connectivity index (χ1v) is 30.8. The number of hydrogen-bond acceptors (Lipinski definition) is 18. The summed E-state index contributed by atoms with van der Waals surface area (Å²) in [6.45, 7) is 15.6. The van der Waals surface area contributed by atoms with Crippen LogP contribution >= 0.6 is 11.6 Å². The van der Waals surface area contributed by atoms with Gasteiger partial charge in [0.1, 0.15) is 56.6 Å². The fourth-order valence-electron chi connectivity index (χ4n) is 12.6. The van der Waals surface area contributed by atoms with E-state index in [1.165, 1.54) is 0 Å². The smallest absolute Gasteiger partial charge is 0.411 e. The summed E-state index contributed by atoms with van der Waals surface area (Å²) < 4.78 is 26.3. The van der Waals surface area contributed by atoms with Crippen LogP contribution < -0.4 is 20.9 Å². The highest BCUT2D eigenvalue weighted by Crippen LogP contribution is 2.43. The number of anilines is 5. The third kappa shape index (κ3) is 13.4. The van der Waals surface area contributed by atoms with Gasteiger partial charge in [-0.15, -0.1) is 0 Å². The first-order chi connectivity index (χ1) is 42.3. The van der Waals surface area contributed by atoms with Crippen LogP contribution in [0.15, 0.2) is 61.2 Å². The van der Waals surface area contributed by atoms with Gasteiger partial charge in [0.15, 0.2) is 0 Å². The molecule has 0 radical (unpaired) electrons. The van der Waals surface area contributed by atoms with Gasteiger partial charge in [-0.3, -0.25) is 29.0 Å². The van der Waals surface area contributed by atoms with Gasteiger partial charge in [-0.25, -0.2) is 29.5 Å². The third-order valence-electron chi connectivity index (χ3n) is 16.7. The number of carbonyl (C=O) groups excluding carboxylic acids is 6. The highest BCUT2D eigenvalue weighted by Gasteiger charge is 2.57. The number of likely N-dealkylation sites (tertiary alicyclic amines) is 2. The summed E-state index contributed by atoms with van der Waals surface area (Å²) in [6.07, 6.45) is 13.5. The van der Waals surface area contributed by atoms with Crippen LogP contribution in [0.1, 0.15) is 139 Å². The van der Waals surface area contributed by atoms with Crippen molar-refractivity contribution in [3.63, 3.8) is 0 Å². The van der Waals surface area contributed by atoms with Gasteiger partial charge in [-0.2, -0.15) is 9.97 Å². The Morgan fingerprint density at radius 2 is 1.09 bits per heavy atom. The minimum Gasteiger partial charge on any atom is -0.444 e. The second kappa shape index (κ2) is 25.7. The van der Waals surface area contributed by atoms with Crippen LogP contribution in [-0.2, 0) is 28.5 Å². The predicted octanol–water partition coefficient (Wildman–Crippen LogP) is 8.44. The number of aromatic nitrogens is 8. The van der Waals surface area contributed by atoms with Gasteiger partial charge in [0, 0.05) is 90.7 Å². The summed E-state index contributed by atoms with van der Waals surface area (Å²) in [7, 11) is 6.94. The number of fused-ring (bicyclic) bond motifs is 2. The van der Waals surface area contributed by atoms with Crippen LogP contribution in [0.25, 0.3) is 22.1 Å². The van der Waals surface area contributed by atoms with Crippen molar-refractivity contribution in [2.24, 2.45) is 0 Å². The molecule has 0 aliphatic carbocycles. The van der Waals surface area contributed by atoms with Crippen LogP contribution in [0.4, 0.5) is 38.5 Å². The van der Waals surface area contributed by atoms with E-state index in [0.717, 1.165) is 55.9 Å². The van der Waals surface area contributed by atoms with Gasteiger partial charge in [0.2, 0.25) is 11.2 Å². The number of nitrogen functional groups attached to an aromatic ring is 1. The molecule has 0 saturated carbocycles. The van der Waals surface area contributed by atoms with Crippen LogP contribution in [-0.4, -0.2) is 198 Å². The molecular weight excluding hydrogens is 1160 g/mol. The van der Waals surface area contributed by atoms with Crippen LogP contribution in [0.5, 0.6) is 0 Å². The van der Waals surface area contributed by atoms with E-state index < -0.39 is 34.5 Å². The van der Waals surface area contributed by atoms with E-state index in [1.807, 2.05) is 68.9 Å². The monoisotopic (exact) mass is 1240 g/mol. The van der Waals surface area contributed by atoms with Gasteiger partial charge in [0.05, 0.1) is 49.1 Å². The molecule has 6 aromatic heterocycles. The summed E-state index contributed by atoms with van der Waals surface area (Å²) in [5.41, 5.74) is 6.58. The molecule has 3 N–H and O–H groups in total. The molecule has 2 spiro atoms. The number of halogens is 1. The molecule has 12 heterocycles. The van der Waals surface area contributed by atoms with E-state index in [9.17, 15) is 28.8 Å². The van der Waals surface area contributed by atoms with Gasteiger partial charge < -0.3 is 58.7 Å². The molecule has 6 saturated heterocycles. The molecule has 6 aromatic rings. The highest BCUT2D eigenvalue weighted by atomic mass is 35.5. The van der Waals surface area contributed by atoms with Gasteiger partial charge in [-0.05, 0) is 154 Å². The van der Waals surface area contributed by atoms with Crippen molar-refractivity contribution in [3.8, 4) is 0 Å². The second-order valence-corrected chi connectivity index (χ2v) is 26.1. The lowest BCUT2D eigenvalue weighted by atomic mass is 9.94. The Morgan fingerprint density at radius 3 is 1.52 bits per heavy atom. The maximum atomic E-state index is 13.7. The molecule has 0 bridgehead atoms. The third-order valence-corrected chi connectivity index (χ3v) is 16.9. The van der Waals surface area contributed by atoms with E-state index in [4.69, 9.17) is 41.3 Å². The average molecular weight is 1250 g/mol. The number of hydrogen-bond donors (Lipinski definition) is 2. The minimum absolute atomic E-state index is 0.00675. The molecule has 6 amide bonds. The first-order valence-electron chi connectivity index (χ1n) is 30.4. The zero-order chi connectivity index (χ0) is 63.7. The highest BCUT2D eigenvalue weighted by molar-refractivity contribution is 6.28. The van der Waals surface area contributed by atoms with Gasteiger partial charge >= 0.3 is 12.2 Å². The second-order valence-electron chi connectivity index (χ2n) is 25.7. The number of nitrogens with zero attached hydrogens (tertiary/aromatic N) is 14. The average Bonchev–Trinajstić information content (AvgIpc) is 1.78. The predicted molar refractivity (Wildman–Crippen MR) is 334 cm³/mol. The van der Waals surface area contributed by atoms with Crippen LogP contribution in [0, 0.1) is 0 Å². The van der Waals surface area contributed by atoms with Crippen molar-refractivity contribution in [1.29, 1.82) is 0 Å². The number of rotatable bonds is 8. The fraction of sp³-hybridized carbons (Fsp3) is 0.548. The molecule has 27 heteroatoms. The molecule has 4 atom stereocenters. The maximum Gasteiger partial charge on any atom is 0.411 e. The van der Waals surface area contributed by atoms with Crippen LogP contribution in [0.2, 0.25) is 5.28 Å². The molecule has 12 rings (SSSR count). The van der Waals surface area contributed by atoms with Crippen molar-refractivity contribution < 1.29 is 47.7 Å². The van der Waals surface area contributed by atoms with E-state index in [1.54, 1.807) is 101 Å². The number of nitrogens with one attached hydrogen (secondary N) is 1. The number of pyridine rings is 2. The zero-order valence-electron chi connectivity index (χ0n) is 52.5. The lowest BCUT2D eigenvalue weighted by Crippen LogP contribution is -2.54. The van der Waals surface area contributed by atoms with Gasteiger partial charge in [0.25, 0.3) is 23.6 Å².